The lowest BCUT2D eigenvalue weighted by Crippen LogP contribution is -2.49. The van der Waals surface area contributed by atoms with E-state index in [4.69, 9.17) is 31.1 Å². The van der Waals surface area contributed by atoms with Gasteiger partial charge in [0.1, 0.15) is 18.3 Å². The Morgan fingerprint density at radius 3 is 2.82 bits per heavy atom. The molecule has 0 spiro atoms. The number of morpholine rings is 1. The maximum Gasteiger partial charge on any atom is 0.163 e. The monoisotopic (exact) mass is 322 g/mol. The van der Waals surface area contributed by atoms with Crippen LogP contribution in [-0.4, -0.2) is 44.3 Å². The summed E-state index contributed by atoms with van der Waals surface area (Å²) in [6, 6.07) is 7.58. The van der Waals surface area contributed by atoms with Crippen LogP contribution in [0.4, 0.5) is 5.69 Å². The Kier molecular flexibility index (Phi) is 4.28. The second kappa shape index (κ2) is 6.05. The van der Waals surface area contributed by atoms with E-state index in [1.54, 1.807) is 6.07 Å². The van der Waals surface area contributed by atoms with Crippen LogP contribution in [0.3, 0.4) is 0 Å². The first-order valence-electron chi connectivity index (χ1n) is 7.36. The fourth-order valence-corrected chi connectivity index (χ4v) is 3.04. The van der Waals surface area contributed by atoms with E-state index in [1.165, 1.54) is 0 Å². The molecule has 0 radical (unpaired) electrons. The molecule has 3 rings (SSSR count). The Balaban J connectivity index is 1.71. The zero-order valence-corrected chi connectivity index (χ0v) is 13.5. The van der Waals surface area contributed by atoms with Crippen LogP contribution < -0.4 is 4.90 Å². The molecule has 0 aromatic heterocycles. The summed E-state index contributed by atoms with van der Waals surface area (Å²) in [7, 11) is 0. The molecule has 0 saturated carbocycles. The lowest BCUT2D eigenvalue weighted by molar-refractivity contribution is -0.157. The summed E-state index contributed by atoms with van der Waals surface area (Å²) < 4.78 is 17.4. The van der Waals surface area contributed by atoms with Crippen LogP contribution in [0.2, 0.25) is 5.02 Å². The number of hydrogen-bond donors (Lipinski definition) is 0. The van der Waals surface area contributed by atoms with Gasteiger partial charge in [-0.05, 0) is 32.0 Å². The Hall–Kier alpha value is -1.32. The van der Waals surface area contributed by atoms with E-state index in [0.29, 0.717) is 30.3 Å². The molecule has 22 heavy (non-hydrogen) atoms. The number of rotatable bonds is 2. The molecular formula is C16H19ClN2O3. The first-order valence-corrected chi connectivity index (χ1v) is 7.74. The zero-order valence-electron chi connectivity index (χ0n) is 12.7. The fraction of sp³-hybridized carbons (Fsp3) is 0.562. The largest absolute Gasteiger partial charge is 0.372 e. The Morgan fingerprint density at radius 1 is 1.36 bits per heavy atom. The van der Waals surface area contributed by atoms with Crippen molar-refractivity contribution in [2.24, 2.45) is 0 Å². The first-order chi connectivity index (χ1) is 10.5. The van der Waals surface area contributed by atoms with Gasteiger partial charge in [-0.1, -0.05) is 11.6 Å². The van der Waals surface area contributed by atoms with E-state index in [1.807, 2.05) is 26.0 Å². The van der Waals surface area contributed by atoms with Gasteiger partial charge in [0.15, 0.2) is 5.79 Å². The van der Waals surface area contributed by atoms with Crippen molar-refractivity contribution in [3.63, 3.8) is 0 Å². The lowest BCUT2D eigenvalue weighted by Gasteiger charge is -2.36. The van der Waals surface area contributed by atoms with Crippen molar-refractivity contribution in [2.75, 3.05) is 31.2 Å². The minimum atomic E-state index is -0.548. The van der Waals surface area contributed by atoms with E-state index in [9.17, 15) is 0 Å². The van der Waals surface area contributed by atoms with Crippen LogP contribution in [0, 0.1) is 11.3 Å². The van der Waals surface area contributed by atoms with Crippen LogP contribution in [0.25, 0.3) is 0 Å². The zero-order chi connectivity index (χ0) is 15.7. The maximum atomic E-state index is 8.96. The minimum Gasteiger partial charge on any atom is -0.372 e. The fourth-order valence-electron chi connectivity index (χ4n) is 2.82. The van der Waals surface area contributed by atoms with Gasteiger partial charge in [-0.2, -0.15) is 5.26 Å². The molecule has 1 aromatic carbocycles. The van der Waals surface area contributed by atoms with Gasteiger partial charge in [0.25, 0.3) is 0 Å². The molecule has 2 saturated heterocycles. The van der Waals surface area contributed by atoms with Crippen LogP contribution >= 0.6 is 11.6 Å². The summed E-state index contributed by atoms with van der Waals surface area (Å²) in [5.41, 5.74) is 1.49. The minimum absolute atomic E-state index is 0.0371. The second-order valence-electron chi connectivity index (χ2n) is 6.00. The molecule has 2 atom stereocenters. The highest BCUT2D eigenvalue weighted by Crippen LogP contribution is 2.29. The van der Waals surface area contributed by atoms with Crippen molar-refractivity contribution in [1.29, 1.82) is 5.26 Å². The third-order valence-corrected chi connectivity index (χ3v) is 4.29. The van der Waals surface area contributed by atoms with Gasteiger partial charge < -0.3 is 19.1 Å². The summed E-state index contributed by atoms with van der Waals surface area (Å²) in [4.78, 5) is 2.20. The first kappa shape index (κ1) is 15.6. The lowest BCUT2D eigenvalue weighted by atomic mass is 10.1. The van der Waals surface area contributed by atoms with Crippen LogP contribution in [0.15, 0.2) is 18.2 Å². The highest BCUT2D eigenvalue weighted by Gasteiger charge is 2.39. The van der Waals surface area contributed by atoms with E-state index in [-0.39, 0.29) is 12.2 Å². The molecule has 0 unspecified atom stereocenters. The molecule has 0 aliphatic carbocycles. The van der Waals surface area contributed by atoms with Gasteiger partial charge in [-0.25, -0.2) is 0 Å². The van der Waals surface area contributed by atoms with Crippen molar-refractivity contribution in [1.82, 2.24) is 0 Å². The van der Waals surface area contributed by atoms with Gasteiger partial charge in [-0.15, -0.1) is 0 Å². The van der Waals surface area contributed by atoms with Gasteiger partial charge in [0.05, 0.1) is 23.8 Å². The topological polar surface area (TPSA) is 54.7 Å². The van der Waals surface area contributed by atoms with E-state index in [0.717, 1.165) is 12.2 Å². The molecule has 6 heteroatoms. The molecule has 0 amide bonds. The SMILES string of the molecule is CC1(C)OC[C@@H]([C@@H]2CN(c3ccc(C#N)c(Cl)c3)CCO2)O1. The Morgan fingerprint density at radius 2 is 2.18 bits per heavy atom. The van der Waals surface area contributed by atoms with Crippen LogP contribution in [0.1, 0.15) is 19.4 Å². The van der Waals surface area contributed by atoms with E-state index >= 15 is 0 Å². The number of ether oxygens (including phenoxy) is 3. The number of nitrogens with zero attached hydrogens (tertiary/aromatic N) is 2. The smallest absolute Gasteiger partial charge is 0.163 e. The normalized spacial score (nSPS) is 27.6. The summed E-state index contributed by atoms with van der Waals surface area (Å²) in [6.45, 7) is 6.49. The van der Waals surface area contributed by atoms with E-state index in [2.05, 4.69) is 11.0 Å². The van der Waals surface area contributed by atoms with Gasteiger partial charge in [-0.3, -0.25) is 0 Å². The van der Waals surface area contributed by atoms with Gasteiger partial charge >= 0.3 is 0 Å². The van der Waals surface area contributed by atoms with Gasteiger partial charge in [0, 0.05) is 18.8 Å². The molecular weight excluding hydrogens is 304 g/mol. The summed E-state index contributed by atoms with van der Waals surface area (Å²) in [5, 5.41) is 9.43. The molecule has 5 nitrogen and oxygen atoms in total. The molecule has 0 N–H and O–H groups in total. The summed E-state index contributed by atoms with van der Waals surface area (Å²) in [5.74, 6) is -0.548. The predicted octanol–water partition coefficient (Wildman–Crippen LogP) is 2.57. The average molecular weight is 323 g/mol. The average Bonchev–Trinajstić information content (AvgIpc) is 2.87. The quantitative estimate of drug-likeness (QED) is 0.837. The predicted molar refractivity (Wildman–Crippen MR) is 83.0 cm³/mol. The number of halogens is 1. The third kappa shape index (κ3) is 3.21. The maximum absolute atomic E-state index is 8.96. The molecule has 2 aliphatic rings. The Labute approximate surface area is 135 Å². The van der Waals surface area contributed by atoms with Crippen molar-refractivity contribution in [2.45, 2.75) is 31.8 Å². The van der Waals surface area contributed by atoms with Crippen LogP contribution in [0.5, 0.6) is 0 Å². The number of benzene rings is 1. The highest BCUT2D eigenvalue weighted by molar-refractivity contribution is 6.32. The molecule has 1 aromatic rings. The van der Waals surface area contributed by atoms with Crippen molar-refractivity contribution < 1.29 is 14.2 Å². The number of nitriles is 1. The van der Waals surface area contributed by atoms with Crippen molar-refractivity contribution in [3.8, 4) is 6.07 Å². The summed E-state index contributed by atoms with van der Waals surface area (Å²) in [6.07, 6.45) is -0.100. The van der Waals surface area contributed by atoms with Gasteiger partial charge in [0.2, 0.25) is 0 Å². The summed E-state index contributed by atoms with van der Waals surface area (Å²) >= 11 is 6.12. The van der Waals surface area contributed by atoms with Crippen molar-refractivity contribution in [3.05, 3.63) is 28.8 Å². The number of hydrogen-bond acceptors (Lipinski definition) is 5. The molecule has 0 bridgehead atoms. The van der Waals surface area contributed by atoms with E-state index < -0.39 is 5.79 Å². The standard InChI is InChI=1S/C16H19ClN2O3/c1-16(2)21-10-15(22-16)14-9-19(5-6-20-14)12-4-3-11(8-18)13(17)7-12/h3-4,7,14-15H,5-6,9-10H2,1-2H3/t14-,15-/m0/s1. The number of anilines is 1. The second-order valence-corrected chi connectivity index (χ2v) is 6.41. The molecule has 118 valence electrons. The Bertz CT molecular complexity index is 600. The highest BCUT2D eigenvalue weighted by atomic mass is 35.5. The third-order valence-electron chi connectivity index (χ3n) is 3.98. The van der Waals surface area contributed by atoms with Crippen LogP contribution in [-0.2, 0) is 14.2 Å². The molecule has 2 heterocycles. The van der Waals surface area contributed by atoms with Crippen molar-refractivity contribution >= 4 is 17.3 Å². The molecule has 2 aliphatic heterocycles. The molecule has 2 fully saturated rings.